The molecule has 29 heavy (non-hydrogen) atoms. The second-order valence-corrected chi connectivity index (χ2v) is 6.08. The molecule has 5 nitrogen and oxygen atoms in total. The molecule has 0 amide bonds. The zero-order valence-corrected chi connectivity index (χ0v) is 18.0. The molecule has 9 heteroatoms. The third kappa shape index (κ3) is 6.21. The first-order chi connectivity index (χ1) is 13.5. The Morgan fingerprint density at radius 2 is 1.83 bits per heavy atom. The summed E-state index contributed by atoms with van der Waals surface area (Å²) in [5.74, 6) is 0.498. The summed E-state index contributed by atoms with van der Waals surface area (Å²) in [4.78, 5) is 8.20. The lowest BCUT2D eigenvalue weighted by Gasteiger charge is -2.15. The predicted octanol–water partition coefficient (Wildman–Crippen LogP) is 4.37. The van der Waals surface area contributed by atoms with E-state index in [0.717, 1.165) is 23.4 Å². The van der Waals surface area contributed by atoms with Crippen LogP contribution in [0.25, 0.3) is 5.69 Å². The molecule has 0 aliphatic rings. The summed E-state index contributed by atoms with van der Waals surface area (Å²) < 4.78 is 40.4. The van der Waals surface area contributed by atoms with Crippen LogP contribution >= 0.6 is 24.0 Å². The van der Waals surface area contributed by atoms with Crippen LogP contribution in [0.5, 0.6) is 0 Å². The molecule has 3 rings (SSSR count). The number of guanidine groups is 1. The van der Waals surface area contributed by atoms with Gasteiger partial charge in [-0.25, -0.2) is 4.98 Å². The van der Waals surface area contributed by atoms with Crippen LogP contribution in [-0.2, 0) is 19.3 Å². The molecule has 0 aliphatic carbocycles. The number of nitrogens with zero attached hydrogens (tertiary/aromatic N) is 3. The van der Waals surface area contributed by atoms with E-state index in [-0.39, 0.29) is 30.5 Å². The highest BCUT2D eigenvalue weighted by molar-refractivity contribution is 14.0. The van der Waals surface area contributed by atoms with Crippen LogP contribution in [0.4, 0.5) is 13.2 Å². The van der Waals surface area contributed by atoms with Crippen molar-refractivity contribution in [1.82, 2.24) is 20.2 Å². The fraction of sp³-hybridized carbons (Fsp3) is 0.200. The number of rotatable bonds is 5. The number of para-hydroxylation sites is 1. The Hall–Kier alpha value is -2.56. The Bertz CT molecular complexity index is 939. The Morgan fingerprint density at radius 3 is 2.52 bits per heavy atom. The molecule has 0 spiro atoms. The summed E-state index contributed by atoms with van der Waals surface area (Å²) in [5.41, 5.74) is 1.88. The van der Waals surface area contributed by atoms with Gasteiger partial charge >= 0.3 is 6.18 Å². The van der Waals surface area contributed by atoms with E-state index < -0.39 is 11.7 Å². The Kier molecular flexibility index (Phi) is 8.06. The number of benzene rings is 2. The van der Waals surface area contributed by atoms with E-state index in [9.17, 15) is 13.2 Å². The van der Waals surface area contributed by atoms with E-state index in [0.29, 0.717) is 18.1 Å². The van der Waals surface area contributed by atoms with Gasteiger partial charge in [0.25, 0.3) is 0 Å². The fourth-order valence-electron chi connectivity index (χ4n) is 2.76. The van der Waals surface area contributed by atoms with Gasteiger partial charge in [0.15, 0.2) is 5.96 Å². The van der Waals surface area contributed by atoms with Crippen LogP contribution in [0.3, 0.4) is 0 Å². The summed E-state index contributed by atoms with van der Waals surface area (Å²) in [5, 5.41) is 6.23. The monoisotopic (exact) mass is 515 g/mol. The van der Waals surface area contributed by atoms with Crippen molar-refractivity contribution in [3.05, 3.63) is 83.9 Å². The van der Waals surface area contributed by atoms with E-state index in [4.69, 9.17) is 0 Å². The molecule has 0 fully saturated rings. The molecule has 0 aliphatic heterocycles. The van der Waals surface area contributed by atoms with Gasteiger partial charge < -0.3 is 15.2 Å². The summed E-state index contributed by atoms with van der Waals surface area (Å²) in [7, 11) is 1.61. The zero-order chi connectivity index (χ0) is 20.0. The molecule has 1 aromatic heterocycles. The summed E-state index contributed by atoms with van der Waals surface area (Å²) in [6, 6.07) is 13.1. The lowest BCUT2D eigenvalue weighted by atomic mass is 10.1. The normalized spacial score (nSPS) is 11.7. The average molecular weight is 515 g/mol. The van der Waals surface area contributed by atoms with Gasteiger partial charge in [-0.3, -0.25) is 4.99 Å². The zero-order valence-electron chi connectivity index (χ0n) is 15.6. The molecule has 2 aromatic carbocycles. The van der Waals surface area contributed by atoms with E-state index in [2.05, 4.69) is 20.6 Å². The molecule has 0 radical (unpaired) electrons. The maximum atomic E-state index is 12.8. The second kappa shape index (κ2) is 10.3. The van der Waals surface area contributed by atoms with Gasteiger partial charge in [0.2, 0.25) is 0 Å². The number of imidazole rings is 1. The highest BCUT2D eigenvalue weighted by Gasteiger charge is 2.30. The van der Waals surface area contributed by atoms with Crippen molar-refractivity contribution < 1.29 is 13.2 Å². The standard InChI is InChI=1S/C20H20F3N5.HI/c1-24-19(26-12-15-5-4-7-17(11-15)20(21,22)23)27-13-16-6-2-3-8-18(16)28-10-9-25-14-28;/h2-11,14H,12-13H2,1H3,(H2,24,26,27);1H. The lowest BCUT2D eigenvalue weighted by molar-refractivity contribution is -0.137. The average Bonchev–Trinajstić information content (AvgIpc) is 3.22. The van der Waals surface area contributed by atoms with Crippen molar-refractivity contribution in [2.75, 3.05) is 7.05 Å². The maximum Gasteiger partial charge on any atom is 0.416 e. The minimum Gasteiger partial charge on any atom is -0.352 e. The maximum absolute atomic E-state index is 12.8. The number of aromatic nitrogens is 2. The quantitative estimate of drug-likeness (QED) is 0.302. The van der Waals surface area contributed by atoms with E-state index in [1.807, 2.05) is 35.0 Å². The number of alkyl halides is 3. The first-order valence-electron chi connectivity index (χ1n) is 8.64. The van der Waals surface area contributed by atoms with Crippen LogP contribution < -0.4 is 10.6 Å². The molecule has 3 aromatic rings. The van der Waals surface area contributed by atoms with Gasteiger partial charge in [0.1, 0.15) is 0 Å². The van der Waals surface area contributed by atoms with Gasteiger partial charge in [-0.15, -0.1) is 24.0 Å². The van der Waals surface area contributed by atoms with Crippen molar-refractivity contribution in [3.63, 3.8) is 0 Å². The van der Waals surface area contributed by atoms with Gasteiger partial charge in [0, 0.05) is 32.5 Å². The second-order valence-electron chi connectivity index (χ2n) is 6.08. The molecular weight excluding hydrogens is 494 g/mol. The van der Waals surface area contributed by atoms with Crippen LogP contribution in [0.15, 0.2) is 72.2 Å². The number of hydrogen-bond acceptors (Lipinski definition) is 2. The number of nitrogens with one attached hydrogen (secondary N) is 2. The Labute approximate surface area is 184 Å². The van der Waals surface area contributed by atoms with Crippen molar-refractivity contribution in [2.45, 2.75) is 19.3 Å². The summed E-state index contributed by atoms with van der Waals surface area (Å²) in [6.07, 6.45) is 0.936. The first-order valence-corrected chi connectivity index (χ1v) is 8.64. The molecular formula is C20H21F3IN5. The lowest BCUT2D eigenvalue weighted by Crippen LogP contribution is -2.36. The highest BCUT2D eigenvalue weighted by Crippen LogP contribution is 2.29. The molecule has 0 saturated carbocycles. The summed E-state index contributed by atoms with van der Waals surface area (Å²) in [6.45, 7) is 0.726. The van der Waals surface area contributed by atoms with E-state index in [1.54, 1.807) is 25.6 Å². The number of aliphatic imine (C=N–C) groups is 1. The van der Waals surface area contributed by atoms with Crippen LogP contribution in [0.1, 0.15) is 16.7 Å². The third-order valence-electron chi connectivity index (χ3n) is 4.16. The van der Waals surface area contributed by atoms with Crippen molar-refractivity contribution >= 4 is 29.9 Å². The molecule has 154 valence electrons. The largest absolute Gasteiger partial charge is 0.416 e. The highest BCUT2D eigenvalue weighted by atomic mass is 127. The van der Waals surface area contributed by atoms with Gasteiger partial charge in [0.05, 0.1) is 17.6 Å². The predicted molar refractivity (Wildman–Crippen MR) is 117 cm³/mol. The molecule has 2 N–H and O–H groups in total. The van der Waals surface area contributed by atoms with Crippen LogP contribution in [-0.4, -0.2) is 22.6 Å². The molecule has 0 bridgehead atoms. The van der Waals surface area contributed by atoms with Gasteiger partial charge in [-0.1, -0.05) is 30.3 Å². The van der Waals surface area contributed by atoms with E-state index >= 15 is 0 Å². The van der Waals surface area contributed by atoms with Crippen molar-refractivity contribution in [3.8, 4) is 5.69 Å². The molecule has 0 atom stereocenters. The molecule has 0 saturated heterocycles. The topological polar surface area (TPSA) is 54.2 Å². The van der Waals surface area contributed by atoms with Gasteiger partial charge in [-0.05, 0) is 29.3 Å². The minimum atomic E-state index is -4.35. The van der Waals surface area contributed by atoms with Crippen LogP contribution in [0.2, 0.25) is 0 Å². The third-order valence-corrected chi connectivity index (χ3v) is 4.16. The number of hydrogen-bond donors (Lipinski definition) is 2. The first kappa shape index (κ1) is 22.7. The van der Waals surface area contributed by atoms with Crippen molar-refractivity contribution in [1.29, 1.82) is 0 Å². The number of halogens is 4. The minimum absolute atomic E-state index is 0. The van der Waals surface area contributed by atoms with Crippen molar-refractivity contribution in [2.24, 2.45) is 4.99 Å². The molecule has 1 heterocycles. The molecule has 0 unspecified atom stereocenters. The van der Waals surface area contributed by atoms with E-state index in [1.165, 1.54) is 6.07 Å². The van der Waals surface area contributed by atoms with Gasteiger partial charge in [-0.2, -0.15) is 13.2 Å². The fourth-order valence-corrected chi connectivity index (χ4v) is 2.76. The van der Waals surface area contributed by atoms with Crippen LogP contribution in [0, 0.1) is 0 Å². The SMILES string of the molecule is CN=C(NCc1cccc(C(F)(F)F)c1)NCc1ccccc1-n1ccnc1.I. The smallest absolute Gasteiger partial charge is 0.352 e. The Morgan fingerprint density at radius 1 is 1.07 bits per heavy atom. The Balaban J connectivity index is 0.00000300. The summed E-state index contributed by atoms with van der Waals surface area (Å²) >= 11 is 0.